The SMILES string of the molecule is CC(C)Sc1ccn(C)c1. The van der Waals surface area contributed by atoms with Crippen LogP contribution in [0.2, 0.25) is 0 Å². The summed E-state index contributed by atoms with van der Waals surface area (Å²) in [6.07, 6.45) is 4.22. The lowest BCUT2D eigenvalue weighted by Gasteiger charge is -1.99. The van der Waals surface area contributed by atoms with Crippen molar-refractivity contribution in [2.75, 3.05) is 0 Å². The summed E-state index contributed by atoms with van der Waals surface area (Å²) in [6, 6.07) is 2.14. The molecule has 0 aliphatic carbocycles. The van der Waals surface area contributed by atoms with E-state index < -0.39 is 0 Å². The molecule has 2 heteroatoms. The molecule has 1 aromatic rings. The van der Waals surface area contributed by atoms with Crippen LogP contribution in [0.15, 0.2) is 23.4 Å². The van der Waals surface area contributed by atoms with Gasteiger partial charge in [-0.1, -0.05) is 13.8 Å². The van der Waals surface area contributed by atoms with Crippen molar-refractivity contribution >= 4 is 11.8 Å². The first-order chi connectivity index (χ1) is 4.68. The quantitative estimate of drug-likeness (QED) is 0.594. The number of aromatic nitrogens is 1. The topological polar surface area (TPSA) is 4.93 Å². The normalized spacial score (nSPS) is 10.8. The van der Waals surface area contributed by atoms with E-state index in [1.54, 1.807) is 0 Å². The van der Waals surface area contributed by atoms with Crippen LogP contribution in [0.3, 0.4) is 0 Å². The summed E-state index contributed by atoms with van der Waals surface area (Å²) in [5.41, 5.74) is 0. The van der Waals surface area contributed by atoms with Crippen LogP contribution in [0.4, 0.5) is 0 Å². The van der Waals surface area contributed by atoms with Crippen LogP contribution >= 0.6 is 11.8 Å². The van der Waals surface area contributed by atoms with Gasteiger partial charge in [-0.2, -0.15) is 0 Å². The summed E-state index contributed by atoms with van der Waals surface area (Å²) in [5.74, 6) is 0. The minimum Gasteiger partial charge on any atom is -0.356 e. The Bertz CT molecular complexity index is 203. The molecule has 0 spiro atoms. The molecule has 56 valence electrons. The summed E-state index contributed by atoms with van der Waals surface area (Å²) >= 11 is 1.90. The Morgan fingerprint density at radius 2 is 2.20 bits per heavy atom. The summed E-state index contributed by atoms with van der Waals surface area (Å²) in [7, 11) is 2.05. The van der Waals surface area contributed by atoms with Crippen molar-refractivity contribution in [2.24, 2.45) is 7.05 Å². The van der Waals surface area contributed by atoms with Crippen LogP contribution in [0, 0.1) is 0 Å². The molecule has 0 radical (unpaired) electrons. The van der Waals surface area contributed by atoms with Crippen LogP contribution in [-0.2, 0) is 7.05 Å². The smallest absolute Gasteiger partial charge is 0.0251 e. The summed E-state index contributed by atoms with van der Waals surface area (Å²) in [5, 5.41) is 0.683. The third kappa shape index (κ3) is 2.10. The highest BCUT2D eigenvalue weighted by molar-refractivity contribution is 7.99. The van der Waals surface area contributed by atoms with Crippen molar-refractivity contribution in [3.05, 3.63) is 18.5 Å². The molecule has 0 fully saturated rings. The zero-order valence-electron chi connectivity index (χ0n) is 6.66. The van der Waals surface area contributed by atoms with E-state index in [-0.39, 0.29) is 0 Å². The predicted octanol–water partition coefficient (Wildman–Crippen LogP) is 2.53. The van der Waals surface area contributed by atoms with Gasteiger partial charge < -0.3 is 4.57 Å². The van der Waals surface area contributed by atoms with Gasteiger partial charge in [0.25, 0.3) is 0 Å². The van der Waals surface area contributed by atoms with Gasteiger partial charge in [-0.3, -0.25) is 0 Å². The number of aryl methyl sites for hydroxylation is 1. The zero-order valence-corrected chi connectivity index (χ0v) is 7.48. The first-order valence-corrected chi connectivity index (χ1v) is 4.35. The third-order valence-corrected chi connectivity index (χ3v) is 2.16. The standard InChI is InChI=1S/C8H13NS/c1-7(2)10-8-4-5-9(3)6-8/h4-7H,1-3H3. The first kappa shape index (κ1) is 7.73. The maximum Gasteiger partial charge on any atom is 0.0251 e. The average molecular weight is 155 g/mol. The van der Waals surface area contributed by atoms with Gasteiger partial charge >= 0.3 is 0 Å². The van der Waals surface area contributed by atoms with E-state index in [0.717, 1.165) is 0 Å². The Balaban J connectivity index is 2.58. The Kier molecular flexibility index (Phi) is 2.44. The minimum atomic E-state index is 0.683. The number of thioether (sulfide) groups is 1. The third-order valence-electron chi connectivity index (χ3n) is 1.18. The van der Waals surface area contributed by atoms with E-state index in [0.29, 0.717) is 5.25 Å². The average Bonchev–Trinajstić information content (AvgIpc) is 2.13. The molecule has 0 unspecified atom stereocenters. The second-order valence-corrected chi connectivity index (χ2v) is 4.33. The molecule has 0 bridgehead atoms. The summed E-state index contributed by atoms with van der Waals surface area (Å²) in [4.78, 5) is 1.36. The van der Waals surface area contributed by atoms with Gasteiger partial charge in [0, 0.05) is 29.6 Å². The lowest BCUT2D eigenvalue weighted by molar-refractivity contribution is 0.920. The lowest BCUT2D eigenvalue weighted by atomic mass is 10.6. The molecule has 0 saturated carbocycles. The van der Waals surface area contributed by atoms with Crippen molar-refractivity contribution in [2.45, 2.75) is 24.0 Å². The fourth-order valence-electron chi connectivity index (χ4n) is 0.820. The van der Waals surface area contributed by atoms with E-state index in [9.17, 15) is 0 Å². The molecule has 0 atom stereocenters. The molecule has 10 heavy (non-hydrogen) atoms. The van der Waals surface area contributed by atoms with Crippen molar-refractivity contribution < 1.29 is 0 Å². The van der Waals surface area contributed by atoms with Gasteiger partial charge in [0.15, 0.2) is 0 Å². The molecule has 0 saturated heterocycles. The van der Waals surface area contributed by atoms with Crippen LogP contribution in [0.1, 0.15) is 13.8 Å². The molecular formula is C8H13NS. The second kappa shape index (κ2) is 3.15. The first-order valence-electron chi connectivity index (χ1n) is 3.47. The van der Waals surface area contributed by atoms with Crippen molar-refractivity contribution in [1.29, 1.82) is 0 Å². The fraction of sp³-hybridized carbons (Fsp3) is 0.500. The van der Waals surface area contributed by atoms with Crippen molar-refractivity contribution in [3.63, 3.8) is 0 Å². The van der Waals surface area contributed by atoms with Crippen molar-refractivity contribution in [1.82, 2.24) is 4.57 Å². The van der Waals surface area contributed by atoms with Crippen LogP contribution in [-0.4, -0.2) is 9.82 Å². The predicted molar refractivity (Wildman–Crippen MR) is 46.4 cm³/mol. The van der Waals surface area contributed by atoms with Gasteiger partial charge in [-0.05, 0) is 6.07 Å². The van der Waals surface area contributed by atoms with E-state index in [4.69, 9.17) is 0 Å². The Labute approximate surface area is 66.4 Å². The molecule has 0 aromatic carbocycles. The molecule has 0 N–H and O–H groups in total. The van der Waals surface area contributed by atoms with E-state index in [1.807, 2.05) is 18.8 Å². The van der Waals surface area contributed by atoms with Crippen LogP contribution < -0.4 is 0 Å². The van der Waals surface area contributed by atoms with Crippen LogP contribution in [0.5, 0.6) is 0 Å². The Morgan fingerprint density at radius 1 is 1.50 bits per heavy atom. The summed E-state index contributed by atoms with van der Waals surface area (Å²) < 4.78 is 2.07. The second-order valence-electron chi connectivity index (χ2n) is 2.68. The van der Waals surface area contributed by atoms with E-state index in [2.05, 4.69) is 36.9 Å². The van der Waals surface area contributed by atoms with Gasteiger partial charge in [0.2, 0.25) is 0 Å². The molecule has 1 nitrogen and oxygen atoms in total. The van der Waals surface area contributed by atoms with Gasteiger partial charge in [-0.15, -0.1) is 11.8 Å². The van der Waals surface area contributed by atoms with Crippen molar-refractivity contribution in [3.8, 4) is 0 Å². The fourth-order valence-corrected chi connectivity index (χ4v) is 1.73. The van der Waals surface area contributed by atoms with Gasteiger partial charge in [0.1, 0.15) is 0 Å². The molecule has 1 rings (SSSR count). The molecule has 0 aliphatic rings. The maximum atomic E-state index is 2.21. The lowest BCUT2D eigenvalue weighted by Crippen LogP contribution is -1.84. The highest BCUT2D eigenvalue weighted by atomic mass is 32.2. The Morgan fingerprint density at radius 3 is 2.60 bits per heavy atom. The Hall–Kier alpha value is -0.370. The maximum absolute atomic E-state index is 2.21. The largest absolute Gasteiger partial charge is 0.356 e. The molecule has 0 amide bonds. The molecule has 0 aliphatic heterocycles. The monoisotopic (exact) mass is 155 g/mol. The zero-order chi connectivity index (χ0) is 7.56. The van der Waals surface area contributed by atoms with E-state index >= 15 is 0 Å². The highest BCUT2D eigenvalue weighted by Crippen LogP contribution is 2.22. The molecule has 1 aromatic heterocycles. The van der Waals surface area contributed by atoms with E-state index in [1.165, 1.54) is 4.90 Å². The van der Waals surface area contributed by atoms with Crippen LogP contribution in [0.25, 0.3) is 0 Å². The molecular weight excluding hydrogens is 142 g/mol. The van der Waals surface area contributed by atoms with Gasteiger partial charge in [-0.25, -0.2) is 0 Å². The number of hydrogen-bond acceptors (Lipinski definition) is 1. The highest BCUT2D eigenvalue weighted by Gasteiger charge is 1.97. The van der Waals surface area contributed by atoms with Gasteiger partial charge in [0.05, 0.1) is 0 Å². The molecule has 1 heterocycles. The summed E-state index contributed by atoms with van der Waals surface area (Å²) in [6.45, 7) is 4.41. The number of hydrogen-bond donors (Lipinski definition) is 0. The number of rotatable bonds is 2. The number of nitrogens with zero attached hydrogens (tertiary/aromatic N) is 1. The minimum absolute atomic E-state index is 0.683.